The second-order valence-corrected chi connectivity index (χ2v) is 8.12. The lowest BCUT2D eigenvalue weighted by Crippen LogP contribution is -2.45. The van der Waals surface area contributed by atoms with E-state index in [1.807, 2.05) is 30.3 Å². The maximum atomic E-state index is 13.3. The number of rotatable bonds is 5. The molecule has 4 rings (SSSR count). The number of nitrogens with one attached hydrogen (secondary N) is 2. The highest BCUT2D eigenvalue weighted by molar-refractivity contribution is 7.80. The van der Waals surface area contributed by atoms with Crippen molar-refractivity contribution in [1.82, 2.24) is 10.2 Å². The van der Waals surface area contributed by atoms with Crippen molar-refractivity contribution in [3.05, 3.63) is 95.8 Å². The van der Waals surface area contributed by atoms with E-state index in [-0.39, 0.29) is 10.7 Å². The Hall–Kier alpha value is -3.29. The molecule has 0 aromatic heterocycles. The molecule has 0 unspecified atom stereocenters. The van der Waals surface area contributed by atoms with Crippen LogP contribution in [0.4, 0.5) is 15.8 Å². The van der Waals surface area contributed by atoms with Crippen LogP contribution in [0, 0.1) is 5.82 Å². The van der Waals surface area contributed by atoms with E-state index < -0.39 is 11.7 Å². The zero-order valence-electron chi connectivity index (χ0n) is 17.6. The zero-order chi connectivity index (χ0) is 22.3. The minimum absolute atomic E-state index is 0.168. The molecular formula is C25H25FN4OS. The first kappa shape index (κ1) is 21.9. The monoisotopic (exact) mass is 448 g/mol. The molecule has 1 fully saturated rings. The first-order chi connectivity index (χ1) is 15.6. The molecule has 1 saturated heterocycles. The van der Waals surface area contributed by atoms with Crippen molar-refractivity contribution >= 4 is 34.6 Å². The second-order valence-electron chi connectivity index (χ2n) is 7.71. The summed E-state index contributed by atoms with van der Waals surface area (Å²) < 4.78 is 13.3. The summed E-state index contributed by atoms with van der Waals surface area (Å²) in [6, 6.07) is 24.0. The van der Waals surface area contributed by atoms with Gasteiger partial charge in [0.1, 0.15) is 5.82 Å². The molecule has 1 amide bonds. The van der Waals surface area contributed by atoms with Crippen LogP contribution in [0.25, 0.3) is 0 Å². The van der Waals surface area contributed by atoms with E-state index in [4.69, 9.17) is 12.2 Å². The van der Waals surface area contributed by atoms with Gasteiger partial charge in [0, 0.05) is 49.7 Å². The summed E-state index contributed by atoms with van der Waals surface area (Å²) in [6.07, 6.45) is 0. The molecule has 7 heteroatoms. The number of amides is 1. The van der Waals surface area contributed by atoms with Crippen molar-refractivity contribution in [3.63, 3.8) is 0 Å². The van der Waals surface area contributed by atoms with Crippen molar-refractivity contribution in [3.8, 4) is 0 Å². The van der Waals surface area contributed by atoms with Crippen molar-refractivity contribution < 1.29 is 9.18 Å². The predicted molar refractivity (Wildman–Crippen MR) is 130 cm³/mol. The number of benzene rings is 3. The van der Waals surface area contributed by atoms with Gasteiger partial charge in [-0.2, -0.15) is 0 Å². The number of carbonyl (C=O) groups excluding carboxylic acids is 1. The topological polar surface area (TPSA) is 47.6 Å². The van der Waals surface area contributed by atoms with Gasteiger partial charge in [0.05, 0.1) is 0 Å². The number of hydrogen-bond donors (Lipinski definition) is 2. The van der Waals surface area contributed by atoms with E-state index in [0.29, 0.717) is 0 Å². The van der Waals surface area contributed by atoms with Crippen LogP contribution in [0.1, 0.15) is 15.9 Å². The molecular weight excluding hydrogens is 423 g/mol. The second kappa shape index (κ2) is 10.3. The van der Waals surface area contributed by atoms with Gasteiger partial charge in [-0.15, -0.1) is 0 Å². The summed E-state index contributed by atoms with van der Waals surface area (Å²) in [5, 5.41) is 5.74. The first-order valence-electron chi connectivity index (χ1n) is 10.6. The number of thiocarbonyl (C=S) groups is 1. The lowest BCUT2D eigenvalue weighted by Gasteiger charge is -2.36. The van der Waals surface area contributed by atoms with Crippen LogP contribution in [-0.4, -0.2) is 42.1 Å². The van der Waals surface area contributed by atoms with E-state index >= 15 is 0 Å². The Morgan fingerprint density at radius 1 is 0.906 bits per heavy atom. The molecule has 1 aliphatic rings. The number of hydrogen-bond acceptors (Lipinski definition) is 4. The molecule has 0 aliphatic carbocycles. The van der Waals surface area contributed by atoms with Gasteiger partial charge < -0.3 is 10.2 Å². The number of nitrogens with zero attached hydrogens (tertiary/aromatic N) is 2. The molecule has 1 heterocycles. The van der Waals surface area contributed by atoms with Crippen molar-refractivity contribution in [2.24, 2.45) is 0 Å². The van der Waals surface area contributed by atoms with Crippen molar-refractivity contribution in [1.29, 1.82) is 0 Å². The Labute approximate surface area is 192 Å². The minimum Gasteiger partial charge on any atom is -0.369 e. The molecule has 3 aromatic rings. The molecule has 1 aliphatic heterocycles. The Balaban J connectivity index is 1.26. The summed E-state index contributed by atoms with van der Waals surface area (Å²) >= 11 is 5.22. The number of carbonyl (C=O) groups is 1. The fraction of sp³-hybridized carbons (Fsp3) is 0.200. The average Bonchev–Trinajstić information content (AvgIpc) is 2.81. The van der Waals surface area contributed by atoms with E-state index in [2.05, 4.69) is 44.7 Å². The summed E-state index contributed by atoms with van der Waals surface area (Å²) in [5.41, 5.74) is 3.50. The van der Waals surface area contributed by atoms with Crippen molar-refractivity contribution in [2.75, 3.05) is 36.4 Å². The summed E-state index contributed by atoms with van der Waals surface area (Å²) in [5.74, 6) is -0.917. The quantitative estimate of drug-likeness (QED) is 0.571. The van der Waals surface area contributed by atoms with E-state index in [1.165, 1.54) is 29.8 Å². The highest BCUT2D eigenvalue weighted by Gasteiger charge is 2.17. The molecule has 0 radical (unpaired) electrons. The Kier molecular flexibility index (Phi) is 7.09. The lowest BCUT2D eigenvalue weighted by atomic mass is 10.2. The zero-order valence-corrected chi connectivity index (χ0v) is 18.4. The maximum Gasteiger partial charge on any atom is 0.257 e. The van der Waals surface area contributed by atoms with Crippen LogP contribution >= 0.6 is 12.2 Å². The average molecular weight is 449 g/mol. The van der Waals surface area contributed by atoms with Gasteiger partial charge in [-0.25, -0.2) is 4.39 Å². The summed E-state index contributed by atoms with van der Waals surface area (Å²) in [7, 11) is 0. The predicted octanol–water partition coefficient (Wildman–Crippen LogP) is 4.27. The molecule has 2 N–H and O–H groups in total. The third-order valence-electron chi connectivity index (χ3n) is 5.43. The van der Waals surface area contributed by atoms with Crippen LogP contribution in [-0.2, 0) is 6.54 Å². The molecule has 164 valence electrons. The fourth-order valence-electron chi connectivity index (χ4n) is 3.73. The first-order valence-corrected chi connectivity index (χ1v) is 11.0. The van der Waals surface area contributed by atoms with Crippen LogP contribution in [0.2, 0.25) is 0 Å². The molecule has 3 aromatic carbocycles. The van der Waals surface area contributed by atoms with E-state index in [0.717, 1.165) is 44.1 Å². The Bertz CT molecular complexity index is 1070. The lowest BCUT2D eigenvalue weighted by molar-refractivity contribution is 0.0977. The fourth-order valence-corrected chi connectivity index (χ4v) is 3.94. The number of piperazine rings is 1. The Morgan fingerprint density at radius 2 is 1.62 bits per heavy atom. The van der Waals surface area contributed by atoms with Crippen LogP contribution in [0.15, 0.2) is 78.9 Å². The van der Waals surface area contributed by atoms with Gasteiger partial charge >= 0.3 is 0 Å². The van der Waals surface area contributed by atoms with Gasteiger partial charge in [-0.1, -0.05) is 36.4 Å². The smallest absolute Gasteiger partial charge is 0.257 e. The molecule has 0 saturated carbocycles. The standard InChI is InChI=1S/C25H25FN4OS/c26-21-8-4-7-20(17-21)24(31)28-25(32)27-22-9-11-23(12-10-22)30-15-13-29(14-16-30)18-19-5-2-1-3-6-19/h1-12,17H,13-16,18H2,(H2,27,28,31,32). The van der Waals surface area contributed by atoms with Gasteiger partial charge in [0.2, 0.25) is 0 Å². The number of anilines is 2. The minimum atomic E-state index is -0.465. The van der Waals surface area contributed by atoms with Gasteiger partial charge in [-0.05, 0) is 60.2 Å². The molecule has 32 heavy (non-hydrogen) atoms. The number of halogens is 1. The third kappa shape index (κ3) is 5.90. The highest BCUT2D eigenvalue weighted by Crippen LogP contribution is 2.20. The molecule has 0 atom stereocenters. The largest absolute Gasteiger partial charge is 0.369 e. The van der Waals surface area contributed by atoms with Crippen LogP contribution in [0.5, 0.6) is 0 Å². The van der Waals surface area contributed by atoms with Crippen LogP contribution in [0.3, 0.4) is 0 Å². The van der Waals surface area contributed by atoms with E-state index in [1.54, 1.807) is 0 Å². The summed E-state index contributed by atoms with van der Waals surface area (Å²) in [6.45, 7) is 4.97. The maximum absolute atomic E-state index is 13.3. The van der Waals surface area contributed by atoms with Gasteiger partial charge in [0.15, 0.2) is 5.11 Å². The van der Waals surface area contributed by atoms with Crippen LogP contribution < -0.4 is 15.5 Å². The third-order valence-corrected chi connectivity index (χ3v) is 5.63. The SMILES string of the molecule is O=C(NC(=S)Nc1ccc(N2CCN(Cc3ccccc3)CC2)cc1)c1cccc(F)c1. The summed E-state index contributed by atoms with van der Waals surface area (Å²) in [4.78, 5) is 17.0. The Morgan fingerprint density at radius 3 is 2.31 bits per heavy atom. The van der Waals surface area contributed by atoms with Crippen molar-refractivity contribution in [2.45, 2.75) is 6.54 Å². The van der Waals surface area contributed by atoms with Gasteiger partial charge in [0.25, 0.3) is 5.91 Å². The van der Waals surface area contributed by atoms with E-state index in [9.17, 15) is 9.18 Å². The molecule has 5 nitrogen and oxygen atoms in total. The molecule has 0 spiro atoms. The normalized spacial score (nSPS) is 14.1. The van der Waals surface area contributed by atoms with Gasteiger partial charge in [-0.3, -0.25) is 15.0 Å². The highest BCUT2D eigenvalue weighted by atomic mass is 32.1. The molecule has 0 bridgehead atoms.